The lowest BCUT2D eigenvalue weighted by Gasteiger charge is -2.07. The van der Waals surface area contributed by atoms with Gasteiger partial charge < -0.3 is 0 Å². The molecule has 0 fully saturated rings. The number of amides is 1. The first-order valence-electron chi connectivity index (χ1n) is 12.5. The Morgan fingerprint density at radius 1 is 0.610 bits per heavy atom. The minimum atomic E-state index is -4.67. The highest BCUT2D eigenvalue weighted by Crippen LogP contribution is 2.18. The van der Waals surface area contributed by atoms with Gasteiger partial charge in [-0.05, 0) is 82.9 Å². The summed E-state index contributed by atoms with van der Waals surface area (Å²) in [5.41, 5.74) is 10.7. The van der Waals surface area contributed by atoms with Crippen LogP contribution in [0.2, 0.25) is 0 Å². The van der Waals surface area contributed by atoms with Crippen LogP contribution in [-0.4, -0.2) is 34.9 Å². The van der Waals surface area contributed by atoms with Crippen molar-refractivity contribution < 1.29 is 22.3 Å². The lowest BCUT2D eigenvalue weighted by molar-refractivity contribution is 0.0955. The number of hydrogen-bond acceptors (Lipinski definition) is 6. The Balaban J connectivity index is 0.000000714. The van der Waals surface area contributed by atoms with Crippen molar-refractivity contribution in [1.82, 2.24) is 5.43 Å². The average Bonchev–Trinajstić information content (AvgIpc) is 2.97. The summed E-state index contributed by atoms with van der Waals surface area (Å²) in [7, 11) is -4.67. The van der Waals surface area contributed by atoms with Gasteiger partial charge in [-0.15, -0.1) is 0 Å². The zero-order chi connectivity index (χ0) is 29.4. The van der Waals surface area contributed by atoms with E-state index in [4.69, 9.17) is 17.5 Å². The van der Waals surface area contributed by atoms with Crippen LogP contribution in [0.25, 0.3) is 21.5 Å². The molecule has 208 valence electrons. The van der Waals surface area contributed by atoms with Gasteiger partial charge in [0.2, 0.25) is 0 Å². The van der Waals surface area contributed by atoms with E-state index in [0.29, 0.717) is 5.56 Å². The third kappa shape index (κ3) is 8.54. The summed E-state index contributed by atoms with van der Waals surface area (Å²) in [6.07, 6.45) is 0. The van der Waals surface area contributed by atoms with Gasteiger partial charge in [0.05, 0.1) is 17.1 Å². The Morgan fingerprint density at radius 3 is 1.51 bits per heavy atom. The molecule has 0 saturated heterocycles. The normalized spacial score (nSPS) is 12.0. The summed E-state index contributed by atoms with van der Waals surface area (Å²) in [4.78, 5) is 12.6. The van der Waals surface area contributed by atoms with E-state index in [1.165, 1.54) is 16.2 Å². The Labute approximate surface area is 237 Å². The molecule has 4 N–H and O–H groups in total. The number of rotatable bonds is 6. The Morgan fingerprint density at radius 2 is 1.02 bits per heavy atom. The highest BCUT2D eigenvalue weighted by molar-refractivity contribution is 7.79. The van der Waals surface area contributed by atoms with Gasteiger partial charge in [-0.2, -0.15) is 18.6 Å². The molecule has 0 heterocycles. The van der Waals surface area contributed by atoms with Crippen molar-refractivity contribution in [3.05, 3.63) is 126 Å². The summed E-state index contributed by atoms with van der Waals surface area (Å²) < 4.78 is 31.6. The largest absolute Gasteiger partial charge is 0.394 e. The number of hydrazone groups is 2. The molecule has 0 aliphatic heterocycles. The van der Waals surface area contributed by atoms with Crippen molar-refractivity contribution in [1.29, 1.82) is 0 Å². The smallest absolute Gasteiger partial charge is 0.278 e. The highest BCUT2D eigenvalue weighted by Gasteiger charge is 2.06. The van der Waals surface area contributed by atoms with Crippen molar-refractivity contribution in [2.24, 2.45) is 10.2 Å². The Kier molecular flexibility index (Phi) is 9.20. The molecular weight excluding hydrogens is 540 g/mol. The first-order chi connectivity index (χ1) is 19.6. The van der Waals surface area contributed by atoms with E-state index in [1.807, 2.05) is 56.3 Å². The third-order valence-corrected chi connectivity index (χ3v) is 6.16. The lowest BCUT2D eigenvalue weighted by atomic mass is 10.0. The second kappa shape index (κ2) is 13.0. The van der Waals surface area contributed by atoms with Crippen LogP contribution in [0.3, 0.4) is 0 Å². The van der Waals surface area contributed by atoms with Crippen molar-refractivity contribution in [2.45, 2.75) is 13.8 Å². The maximum absolute atomic E-state index is 12.6. The van der Waals surface area contributed by atoms with E-state index in [-0.39, 0.29) is 5.91 Å². The van der Waals surface area contributed by atoms with Crippen molar-refractivity contribution in [3.63, 3.8) is 0 Å². The van der Waals surface area contributed by atoms with Gasteiger partial charge in [0.25, 0.3) is 5.91 Å². The predicted octanol–water partition coefficient (Wildman–Crippen LogP) is 6.33. The molecule has 5 aromatic carbocycles. The molecule has 0 unspecified atom stereocenters. The maximum atomic E-state index is 12.6. The summed E-state index contributed by atoms with van der Waals surface area (Å²) in [5, 5.41) is 13.5. The lowest BCUT2D eigenvalue weighted by Crippen LogP contribution is -2.19. The number of carbonyl (C=O) groups is 1. The minimum Gasteiger partial charge on any atom is -0.278 e. The molecule has 0 aliphatic rings. The van der Waals surface area contributed by atoms with E-state index in [1.54, 1.807) is 12.1 Å². The number of benzene rings is 5. The van der Waals surface area contributed by atoms with E-state index in [0.717, 1.165) is 33.6 Å². The molecule has 1 amide bonds. The SMILES string of the molecule is C/C(=N\NC(=O)c1ccc(N/N=C(\C)c2ccc3ccccc3c2)cc1)c1ccc2ccccc2c1.O=S(=O)(O)O. The molecule has 0 bridgehead atoms. The molecule has 5 rings (SSSR count). The molecule has 0 saturated carbocycles. The van der Waals surface area contributed by atoms with Gasteiger partial charge in [0.15, 0.2) is 0 Å². The standard InChI is InChI=1S/C31H26N4O.H2O4S/c1-21(26-13-11-23-7-3-5-9-28(23)19-26)32-34-30-17-15-25(16-18-30)31(36)35-33-22(2)27-14-12-24-8-4-6-10-29(24)20-27;1-5(2,3)4/h3-20,34H,1-2H3,(H,35,36);(H2,1,2,3,4)/b32-21+,33-22+;. The summed E-state index contributed by atoms with van der Waals surface area (Å²) in [5.74, 6) is -0.266. The third-order valence-electron chi connectivity index (χ3n) is 6.16. The van der Waals surface area contributed by atoms with Crippen LogP contribution >= 0.6 is 0 Å². The van der Waals surface area contributed by atoms with Crippen LogP contribution < -0.4 is 10.9 Å². The highest BCUT2D eigenvalue weighted by atomic mass is 32.3. The fourth-order valence-corrected chi connectivity index (χ4v) is 4.00. The molecule has 0 aliphatic carbocycles. The van der Waals surface area contributed by atoms with Crippen LogP contribution in [0.5, 0.6) is 0 Å². The molecule has 0 atom stereocenters. The van der Waals surface area contributed by atoms with Crippen LogP contribution in [0.1, 0.15) is 35.3 Å². The van der Waals surface area contributed by atoms with Gasteiger partial charge >= 0.3 is 10.4 Å². The monoisotopic (exact) mass is 568 g/mol. The Hall–Kier alpha value is -4.90. The van der Waals surface area contributed by atoms with Gasteiger partial charge in [0, 0.05) is 5.56 Å². The van der Waals surface area contributed by atoms with E-state index in [2.05, 4.69) is 75.7 Å². The van der Waals surface area contributed by atoms with E-state index in [9.17, 15) is 4.79 Å². The molecule has 0 spiro atoms. The molecule has 10 heteroatoms. The second-order valence-electron chi connectivity index (χ2n) is 9.10. The minimum absolute atomic E-state index is 0.266. The van der Waals surface area contributed by atoms with E-state index >= 15 is 0 Å². The van der Waals surface area contributed by atoms with Crippen molar-refractivity contribution >= 4 is 55.0 Å². The number of nitrogens with zero attached hydrogens (tertiary/aromatic N) is 2. The quantitative estimate of drug-likeness (QED) is 0.107. The number of carbonyl (C=O) groups excluding carboxylic acids is 1. The van der Waals surface area contributed by atoms with Gasteiger partial charge in [0.1, 0.15) is 0 Å². The van der Waals surface area contributed by atoms with Crippen molar-refractivity contribution in [2.75, 3.05) is 5.43 Å². The van der Waals surface area contributed by atoms with Gasteiger partial charge in [-0.25, -0.2) is 5.43 Å². The summed E-state index contributed by atoms with van der Waals surface area (Å²) in [6, 6.07) is 36.0. The molecule has 5 aromatic rings. The van der Waals surface area contributed by atoms with Gasteiger partial charge in [-0.1, -0.05) is 72.8 Å². The molecule has 0 radical (unpaired) electrons. The zero-order valence-corrected chi connectivity index (χ0v) is 23.1. The van der Waals surface area contributed by atoms with E-state index < -0.39 is 10.4 Å². The first kappa shape index (κ1) is 29.1. The van der Waals surface area contributed by atoms with Crippen LogP contribution in [0.4, 0.5) is 5.69 Å². The fourth-order valence-electron chi connectivity index (χ4n) is 4.00. The van der Waals surface area contributed by atoms with Crippen LogP contribution in [-0.2, 0) is 10.4 Å². The summed E-state index contributed by atoms with van der Waals surface area (Å²) >= 11 is 0. The second-order valence-corrected chi connectivity index (χ2v) is 9.99. The molecular formula is C31H28N4O5S. The fraction of sp³-hybridized carbons (Fsp3) is 0.0645. The number of anilines is 1. The number of fused-ring (bicyclic) bond motifs is 2. The predicted molar refractivity (Wildman–Crippen MR) is 164 cm³/mol. The number of hydrogen-bond donors (Lipinski definition) is 4. The first-order valence-corrected chi connectivity index (χ1v) is 13.9. The van der Waals surface area contributed by atoms with Crippen molar-refractivity contribution in [3.8, 4) is 0 Å². The van der Waals surface area contributed by atoms with Gasteiger partial charge in [-0.3, -0.25) is 19.3 Å². The summed E-state index contributed by atoms with van der Waals surface area (Å²) in [6.45, 7) is 3.85. The molecule has 9 nitrogen and oxygen atoms in total. The zero-order valence-electron chi connectivity index (χ0n) is 22.3. The van der Waals surface area contributed by atoms with Crippen LogP contribution in [0, 0.1) is 0 Å². The maximum Gasteiger partial charge on any atom is 0.394 e. The topological polar surface area (TPSA) is 140 Å². The molecule has 41 heavy (non-hydrogen) atoms. The van der Waals surface area contributed by atoms with Crippen LogP contribution in [0.15, 0.2) is 119 Å². The molecule has 0 aromatic heterocycles. The number of nitrogens with one attached hydrogen (secondary N) is 2. The average molecular weight is 569 g/mol. The Bertz CT molecular complexity index is 1860.